The zero-order valence-corrected chi connectivity index (χ0v) is 18.7. The third kappa shape index (κ3) is 7.43. The molecule has 172 valence electrons. The molecule has 0 spiro atoms. The molecule has 3 N–H and O–H groups in total. The van der Waals surface area contributed by atoms with Crippen LogP contribution in [0.3, 0.4) is 0 Å². The van der Waals surface area contributed by atoms with Crippen molar-refractivity contribution in [2.24, 2.45) is 5.92 Å². The Morgan fingerprint density at radius 2 is 1.84 bits per heavy atom. The Bertz CT molecular complexity index is 922. The molecule has 1 aliphatic heterocycles. The molecule has 3 rings (SSSR count). The molecule has 2 aromatic carbocycles. The number of carbonyl (C=O) groups excluding carboxylic acids is 2. The number of nitrogens with zero attached hydrogens (tertiary/aromatic N) is 1. The second-order valence-electron chi connectivity index (χ2n) is 8.99. The summed E-state index contributed by atoms with van der Waals surface area (Å²) in [6.45, 7) is 5.53. The van der Waals surface area contributed by atoms with E-state index in [0.29, 0.717) is 23.7 Å². The van der Waals surface area contributed by atoms with Crippen molar-refractivity contribution in [1.29, 1.82) is 0 Å². The molecule has 2 aromatic rings. The Morgan fingerprint density at radius 1 is 1.16 bits per heavy atom. The van der Waals surface area contributed by atoms with Gasteiger partial charge in [-0.1, -0.05) is 24.3 Å². The molecule has 1 fully saturated rings. The molecule has 0 saturated carbocycles. The number of rotatable bonds is 8. The van der Waals surface area contributed by atoms with Gasteiger partial charge in [-0.3, -0.25) is 4.79 Å². The largest absolute Gasteiger partial charge is 0.387 e. The molecule has 0 aromatic heterocycles. The number of halogens is 1. The number of amides is 2. The van der Waals surface area contributed by atoms with E-state index in [-0.39, 0.29) is 18.1 Å². The molecular weight excluding hydrogens is 409 g/mol. The van der Waals surface area contributed by atoms with E-state index in [9.17, 15) is 19.1 Å². The van der Waals surface area contributed by atoms with Gasteiger partial charge < -0.3 is 20.6 Å². The number of nitrogens with one attached hydrogen (secondary N) is 2. The predicted molar refractivity (Wildman–Crippen MR) is 123 cm³/mol. The first-order valence-electron chi connectivity index (χ1n) is 11.1. The van der Waals surface area contributed by atoms with Crippen LogP contribution in [-0.2, 0) is 6.42 Å². The van der Waals surface area contributed by atoms with Gasteiger partial charge in [0.05, 0.1) is 5.60 Å². The lowest BCUT2D eigenvalue weighted by Gasteiger charge is -2.36. The van der Waals surface area contributed by atoms with Gasteiger partial charge in [0, 0.05) is 24.3 Å². The van der Waals surface area contributed by atoms with Crippen molar-refractivity contribution in [3.8, 4) is 0 Å². The van der Waals surface area contributed by atoms with E-state index in [0.717, 1.165) is 37.9 Å². The molecule has 1 aliphatic rings. The maximum Gasteiger partial charge on any atom is 0.319 e. The topological polar surface area (TPSA) is 81.7 Å². The van der Waals surface area contributed by atoms with Crippen molar-refractivity contribution in [1.82, 2.24) is 10.2 Å². The number of benzene rings is 2. The summed E-state index contributed by atoms with van der Waals surface area (Å²) in [5.74, 6) is 0.271. The van der Waals surface area contributed by atoms with Gasteiger partial charge in [-0.15, -0.1) is 0 Å². The van der Waals surface area contributed by atoms with E-state index in [1.165, 1.54) is 19.1 Å². The number of hydrogen-bond donors (Lipinski definition) is 3. The molecule has 1 heterocycles. The lowest BCUT2D eigenvalue weighted by Crippen LogP contribution is -2.51. The highest BCUT2D eigenvalue weighted by Crippen LogP contribution is 2.23. The van der Waals surface area contributed by atoms with E-state index in [4.69, 9.17) is 0 Å². The molecule has 1 saturated heterocycles. The number of likely N-dealkylation sites (tertiary alicyclic amines) is 1. The summed E-state index contributed by atoms with van der Waals surface area (Å²) in [6.07, 6.45) is 2.98. The van der Waals surface area contributed by atoms with Crippen LogP contribution in [0.1, 0.15) is 42.6 Å². The first-order valence-corrected chi connectivity index (χ1v) is 11.1. The first kappa shape index (κ1) is 23.9. The summed E-state index contributed by atoms with van der Waals surface area (Å²) in [5.41, 5.74) is 1.14. The molecule has 0 bridgehead atoms. The second kappa shape index (κ2) is 10.7. The van der Waals surface area contributed by atoms with Crippen LogP contribution < -0.4 is 10.6 Å². The molecule has 7 heteroatoms. The fourth-order valence-corrected chi connectivity index (χ4v) is 4.10. The molecule has 1 atom stereocenters. The van der Waals surface area contributed by atoms with Gasteiger partial charge in [0.25, 0.3) is 0 Å². The molecule has 2 amide bonds. The molecule has 32 heavy (non-hydrogen) atoms. The number of carbonyl (C=O) groups is 2. The molecule has 0 radical (unpaired) electrons. The molecular formula is C25H32FN3O3. The number of aliphatic hydroxyl groups is 1. The maximum absolute atomic E-state index is 13.1. The van der Waals surface area contributed by atoms with Crippen LogP contribution >= 0.6 is 0 Å². The molecule has 6 nitrogen and oxygen atoms in total. The van der Waals surface area contributed by atoms with Gasteiger partial charge in [-0.05, 0) is 81.9 Å². The third-order valence-electron chi connectivity index (χ3n) is 5.87. The number of β-amino-alcohol motifs (C(OH)–C–C–N with tert-alkyl or cyclic N) is 1. The molecule has 0 unspecified atom stereocenters. The van der Waals surface area contributed by atoms with Crippen LogP contribution in [0.4, 0.5) is 14.9 Å². The number of hydrogen-bond acceptors (Lipinski definition) is 4. The predicted octanol–water partition coefficient (Wildman–Crippen LogP) is 3.86. The number of piperidine rings is 1. The summed E-state index contributed by atoms with van der Waals surface area (Å²) in [5, 5.41) is 16.2. The van der Waals surface area contributed by atoms with Crippen molar-refractivity contribution in [3.05, 3.63) is 65.5 Å². The van der Waals surface area contributed by atoms with Crippen molar-refractivity contribution >= 4 is 17.5 Å². The lowest BCUT2D eigenvalue weighted by atomic mass is 9.89. The first-order chi connectivity index (χ1) is 15.2. The van der Waals surface area contributed by atoms with Crippen LogP contribution in [-0.4, -0.2) is 53.6 Å². The van der Waals surface area contributed by atoms with Crippen LogP contribution in [0.5, 0.6) is 0 Å². The fraction of sp³-hybridized carbons (Fsp3) is 0.440. The monoisotopic (exact) mass is 441 g/mol. The smallest absolute Gasteiger partial charge is 0.319 e. The van der Waals surface area contributed by atoms with Gasteiger partial charge >= 0.3 is 6.03 Å². The van der Waals surface area contributed by atoms with E-state index in [1.807, 2.05) is 12.1 Å². The summed E-state index contributed by atoms with van der Waals surface area (Å²) in [4.78, 5) is 25.9. The Kier molecular flexibility index (Phi) is 7.99. The zero-order valence-electron chi connectivity index (χ0n) is 18.7. The molecule has 0 aliphatic carbocycles. The van der Waals surface area contributed by atoms with Crippen molar-refractivity contribution in [2.45, 2.75) is 38.7 Å². The van der Waals surface area contributed by atoms with Crippen molar-refractivity contribution in [2.75, 3.05) is 31.5 Å². The number of anilines is 1. The average molecular weight is 442 g/mol. The van der Waals surface area contributed by atoms with Crippen LogP contribution in [0.2, 0.25) is 0 Å². The van der Waals surface area contributed by atoms with Gasteiger partial charge in [-0.25, -0.2) is 9.18 Å². The van der Waals surface area contributed by atoms with E-state index >= 15 is 0 Å². The Morgan fingerprint density at radius 3 is 2.50 bits per heavy atom. The SMILES string of the molecule is CC(=O)c1cccc(NC(=O)NC[C@@](C)(O)CN2CCC(Cc3ccc(F)cc3)CC2)c1. The fourth-order valence-electron chi connectivity index (χ4n) is 4.10. The van der Waals surface area contributed by atoms with E-state index in [2.05, 4.69) is 15.5 Å². The Hall–Kier alpha value is -2.77. The van der Waals surface area contributed by atoms with Crippen LogP contribution in [0, 0.1) is 11.7 Å². The third-order valence-corrected chi connectivity index (χ3v) is 5.87. The summed E-state index contributed by atoms with van der Waals surface area (Å²) in [7, 11) is 0. The van der Waals surface area contributed by atoms with E-state index in [1.54, 1.807) is 31.2 Å². The van der Waals surface area contributed by atoms with E-state index < -0.39 is 11.6 Å². The summed E-state index contributed by atoms with van der Waals surface area (Å²) in [6, 6.07) is 13.0. The van der Waals surface area contributed by atoms with Gasteiger partial charge in [0.15, 0.2) is 5.78 Å². The highest BCUT2D eigenvalue weighted by molar-refractivity contribution is 5.96. The van der Waals surface area contributed by atoms with Crippen molar-refractivity contribution < 1.29 is 19.1 Å². The zero-order chi connectivity index (χ0) is 23.1. The number of Topliss-reactive ketones (excluding diaryl/α,β-unsaturated/α-hetero) is 1. The maximum atomic E-state index is 13.1. The van der Waals surface area contributed by atoms with Gasteiger partial charge in [-0.2, -0.15) is 0 Å². The highest BCUT2D eigenvalue weighted by Gasteiger charge is 2.28. The second-order valence-corrected chi connectivity index (χ2v) is 8.99. The summed E-state index contributed by atoms with van der Waals surface area (Å²) >= 11 is 0. The quantitative estimate of drug-likeness (QED) is 0.544. The van der Waals surface area contributed by atoms with Crippen molar-refractivity contribution in [3.63, 3.8) is 0 Å². The lowest BCUT2D eigenvalue weighted by molar-refractivity contribution is 0.0122. The van der Waals surface area contributed by atoms with Crippen LogP contribution in [0.15, 0.2) is 48.5 Å². The minimum absolute atomic E-state index is 0.0709. The number of ketones is 1. The average Bonchev–Trinajstić information content (AvgIpc) is 2.75. The standard InChI is InChI=1S/C25H32FN3O3/c1-18(30)21-4-3-5-23(15-21)28-24(31)27-16-25(2,32)17-29-12-10-20(11-13-29)14-19-6-8-22(26)9-7-19/h3-9,15,20,32H,10-14,16-17H2,1-2H3,(H2,27,28,31)/t25-/m1/s1. The van der Waals surface area contributed by atoms with Gasteiger partial charge in [0.2, 0.25) is 0 Å². The Labute approximate surface area is 188 Å². The number of urea groups is 1. The normalized spacial score (nSPS) is 16.9. The minimum Gasteiger partial charge on any atom is -0.387 e. The highest BCUT2D eigenvalue weighted by atomic mass is 19.1. The van der Waals surface area contributed by atoms with Gasteiger partial charge in [0.1, 0.15) is 5.82 Å². The summed E-state index contributed by atoms with van der Waals surface area (Å²) < 4.78 is 13.1. The van der Waals surface area contributed by atoms with Crippen LogP contribution in [0.25, 0.3) is 0 Å². The Balaban J connectivity index is 1.40. The minimum atomic E-state index is -1.07.